The highest BCUT2D eigenvalue weighted by atomic mass is 32.1. The summed E-state index contributed by atoms with van der Waals surface area (Å²) in [6.45, 7) is 4.81. The third-order valence-corrected chi connectivity index (χ3v) is 5.02. The number of para-hydroxylation sites is 2. The number of aromatic amines is 1. The first-order valence-corrected chi connectivity index (χ1v) is 9.93. The van der Waals surface area contributed by atoms with Gasteiger partial charge in [-0.25, -0.2) is 0 Å². The van der Waals surface area contributed by atoms with E-state index in [1.807, 2.05) is 42.5 Å². The van der Waals surface area contributed by atoms with Crippen LogP contribution in [0.3, 0.4) is 0 Å². The van der Waals surface area contributed by atoms with Gasteiger partial charge in [0.1, 0.15) is 17.9 Å². The van der Waals surface area contributed by atoms with Gasteiger partial charge in [0.05, 0.1) is 6.54 Å². The van der Waals surface area contributed by atoms with Gasteiger partial charge in [-0.2, -0.15) is 0 Å². The van der Waals surface area contributed by atoms with Gasteiger partial charge in [-0.1, -0.05) is 30.3 Å². The maximum absolute atomic E-state index is 12.7. The summed E-state index contributed by atoms with van der Waals surface area (Å²) in [4.78, 5) is 15.6. The Kier molecular flexibility index (Phi) is 5.15. The largest absolute Gasteiger partial charge is 0.488 e. The number of aromatic nitrogens is 2. The number of nitrogens with one attached hydrogen (secondary N) is 2. The van der Waals surface area contributed by atoms with Crippen LogP contribution in [0.15, 0.2) is 54.7 Å². The van der Waals surface area contributed by atoms with Gasteiger partial charge < -0.3 is 19.8 Å². The first-order valence-electron chi connectivity index (χ1n) is 9.52. The number of amides is 1. The lowest BCUT2D eigenvalue weighted by Crippen LogP contribution is -2.29. The fourth-order valence-electron chi connectivity index (χ4n) is 3.49. The van der Waals surface area contributed by atoms with Gasteiger partial charge in [-0.05, 0) is 44.3 Å². The second-order valence-electron chi connectivity index (χ2n) is 7.54. The van der Waals surface area contributed by atoms with Crippen LogP contribution in [0, 0.1) is 4.77 Å². The first-order chi connectivity index (χ1) is 13.9. The van der Waals surface area contributed by atoms with Crippen molar-refractivity contribution in [1.29, 1.82) is 0 Å². The number of fused-ring (bicyclic) bond motifs is 1. The fraction of sp³-hybridized carbons (Fsp3) is 0.273. The minimum absolute atomic E-state index is 0.222. The summed E-state index contributed by atoms with van der Waals surface area (Å²) in [6.07, 6.45) is 2.47. The standard InChI is InChI=1S/C22H23N3O3S/c1-22(2)13-15-7-6-10-18(19(15)28-22)27-12-11-23-20(26)17-14-24-21(29)25(17)16-8-4-3-5-9-16/h3-10,14H,11-13H2,1-2H3,(H,23,26)(H,24,29). The quantitative estimate of drug-likeness (QED) is 0.476. The lowest BCUT2D eigenvalue weighted by atomic mass is 10.0. The molecule has 29 heavy (non-hydrogen) atoms. The molecule has 6 nitrogen and oxygen atoms in total. The van der Waals surface area contributed by atoms with E-state index < -0.39 is 0 Å². The van der Waals surface area contributed by atoms with E-state index in [-0.39, 0.29) is 11.5 Å². The van der Waals surface area contributed by atoms with Crippen LogP contribution < -0.4 is 14.8 Å². The Morgan fingerprint density at radius 3 is 2.83 bits per heavy atom. The Balaban J connectivity index is 1.38. The third-order valence-electron chi connectivity index (χ3n) is 4.72. The van der Waals surface area contributed by atoms with E-state index in [1.165, 1.54) is 0 Å². The molecular formula is C22H23N3O3S. The van der Waals surface area contributed by atoms with E-state index in [0.717, 1.165) is 23.4 Å². The molecule has 1 aromatic heterocycles. The van der Waals surface area contributed by atoms with Crippen molar-refractivity contribution in [1.82, 2.24) is 14.9 Å². The number of hydrogen-bond acceptors (Lipinski definition) is 4. The predicted octanol–water partition coefficient (Wildman–Crippen LogP) is 4.06. The van der Waals surface area contributed by atoms with Crippen LogP contribution in [0.2, 0.25) is 0 Å². The van der Waals surface area contributed by atoms with E-state index in [4.69, 9.17) is 21.7 Å². The van der Waals surface area contributed by atoms with Crippen molar-refractivity contribution in [2.45, 2.75) is 25.9 Å². The van der Waals surface area contributed by atoms with E-state index in [1.54, 1.807) is 10.8 Å². The lowest BCUT2D eigenvalue weighted by molar-refractivity contribution is 0.0939. The molecule has 0 radical (unpaired) electrons. The van der Waals surface area contributed by atoms with Crippen LogP contribution >= 0.6 is 12.2 Å². The Labute approximate surface area is 174 Å². The van der Waals surface area contributed by atoms with Crippen LogP contribution in [-0.4, -0.2) is 34.2 Å². The number of nitrogens with zero attached hydrogens (tertiary/aromatic N) is 1. The Bertz CT molecular complexity index is 1090. The molecule has 0 unspecified atom stereocenters. The molecule has 0 spiro atoms. The van der Waals surface area contributed by atoms with Crippen molar-refractivity contribution in [3.05, 3.63) is 70.8 Å². The second-order valence-corrected chi connectivity index (χ2v) is 7.92. The smallest absolute Gasteiger partial charge is 0.269 e. The van der Waals surface area contributed by atoms with Crippen molar-refractivity contribution in [2.24, 2.45) is 0 Å². The molecule has 0 bridgehead atoms. The molecule has 4 rings (SSSR count). The lowest BCUT2D eigenvalue weighted by Gasteiger charge is -2.18. The van der Waals surface area contributed by atoms with E-state index in [2.05, 4.69) is 30.2 Å². The van der Waals surface area contributed by atoms with Gasteiger partial charge in [0.25, 0.3) is 5.91 Å². The molecular weight excluding hydrogens is 386 g/mol. The normalized spacial score (nSPS) is 14.1. The molecule has 2 aromatic carbocycles. The summed E-state index contributed by atoms with van der Waals surface area (Å²) in [6, 6.07) is 15.4. The molecule has 0 aliphatic carbocycles. The van der Waals surface area contributed by atoms with Crippen molar-refractivity contribution in [3.63, 3.8) is 0 Å². The van der Waals surface area contributed by atoms with Crippen molar-refractivity contribution in [2.75, 3.05) is 13.2 Å². The number of ether oxygens (including phenoxy) is 2. The van der Waals surface area contributed by atoms with Gasteiger partial charge in [0.2, 0.25) is 0 Å². The Morgan fingerprint density at radius 2 is 2.03 bits per heavy atom. The number of hydrogen-bond donors (Lipinski definition) is 2. The highest BCUT2D eigenvalue weighted by Crippen LogP contribution is 2.41. The van der Waals surface area contributed by atoms with Crippen molar-refractivity contribution >= 4 is 18.1 Å². The van der Waals surface area contributed by atoms with Crippen LogP contribution in [0.1, 0.15) is 29.9 Å². The molecule has 1 amide bonds. The van der Waals surface area contributed by atoms with Gasteiger partial charge in [0.15, 0.2) is 16.3 Å². The second kappa shape index (κ2) is 7.75. The topological polar surface area (TPSA) is 68.3 Å². The zero-order valence-corrected chi connectivity index (χ0v) is 17.2. The summed E-state index contributed by atoms with van der Waals surface area (Å²) in [5.74, 6) is 1.28. The maximum Gasteiger partial charge on any atom is 0.269 e. The SMILES string of the molecule is CC1(C)Cc2cccc(OCCNC(=O)c3c[nH]c(=S)n3-c3ccccc3)c2O1. The molecule has 1 aliphatic rings. The zero-order chi connectivity index (χ0) is 20.4. The summed E-state index contributed by atoms with van der Waals surface area (Å²) >= 11 is 5.33. The zero-order valence-electron chi connectivity index (χ0n) is 16.4. The fourth-order valence-corrected chi connectivity index (χ4v) is 3.75. The highest BCUT2D eigenvalue weighted by molar-refractivity contribution is 7.71. The first kappa shape index (κ1) is 19.3. The molecule has 150 valence electrons. The van der Waals surface area contributed by atoms with Crippen LogP contribution in [0.25, 0.3) is 5.69 Å². The molecule has 0 saturated heterocycles. The van der Waals surface area contributed by atoms with E-state index >= 15 is 0 Å². The van der Waals surface area contributed by atoms with E-state index in [0.29, 0.717) is 29.4 Å². The minimum atomic E-state index is -0.225. The van der Waals surface area contributed by atoms with Gasteiger partial charge in [-0.15, -0.1) is 0 Å². The maximum atomic E-state index is 12.7. The summed E-state index contributed by atoms with van der Waals surface area (Å²) in [7, 11) is 0. The van der Waals surface area contributed by atoms with Crippen LogP contribution in [0.5, 0.6) is 11.5 Å². The Morgan fingerprint density at radius 1 is 1.24 bits per heavy atom. The molecule has 1 aliphatic heterocycles. The molecule has 0 saturated carbocycles. The molecule has 7 heteroatoms. The van der Waals surface area contributed by atoms with Crippen LogP contribution in [0.4, 0.5) is 0 Å². The summed E-state index contributed by atoms with van der Waals surface area (Å²) in [5.41, 5.74) is 2.20. The monoisotopic (exact) mass is 409 g/mol. The number of benzene rings is 2. The molecule has 0 atom stereocenters. The third kappa shape index (κ3) is 4.05. The minimum Gasteiger partial charge on any atom is -0.488 e. The van der Waals surface area contributed by atoms with Crippen molar-refractivity contribution < 1.29 is 14.3 Å². The van der Waals surface area contributed by atoms with Gasteiger partial charge in [0, 0.05) is 23.9 Å². The Hall–Kier alpha value is -3.06. The number of imidazole rings is 1. The number of H-pyrrole nitrogens is 1. The molecule has 3 aromatic rings. The summed E-state index contributed by atoms with van der Waals surface area (Å²) in [5, 5.41) is 2.88. The average Bonchev–Trinajstić information content (AvgIpc) is 3.24. The summed E-state index contributed by atoms with van der Waals surface area (Å²) < 4.78 is 14.1. The highest BCUT2D eigenvalue weighted by Gasteiger charge is 2.32. The van der Waals surface area contributed by atoms with Gasteiger partial charge in [-0.3, -0.25) is 9.36 Å². The van der Waals surface area contributed by atoms with Crippen molar-refractivity contribution in [3.8, 4) is 17.2 Å². The van der Waals surface area contributed by atoms with E-state index in [9.17, 15) is 4.79 Å². The number of rotatable bonds is 6. The van der Waals surface area contributed by atoms with Crippen LogP contribution in [-0.2, 0) is 6.42 Å². The average molecular weight is 410 g/mol. The molecule has 2 heterocycles. The molecule has 2 N–H and O–H groups in total. The number of carbonyl (C=O) groups excluding carboxylic acids is 1. The predicted molar refractivity (Wildman–Crippen MR) is 114 cm³/mol. The number of carbonyl (C=O) groups is 1. The van der Waals surface area contributed by atoms with Gasteiger partial charge >= 0.3 is 0 Å². The molecule has 0 fully saturated rings.